The van der Waals surface area contributed by atoms with Crippen molar-refractivity contribution in [3.8, 4) is 28.1 Å². The lowest BCUT2D eigenvalue weighted by molar-refractivity contribution is 0.102. The summed E-state index contributed by atoms with van der Waals surface area (Å²) in [7, 11) is 0. The molecule has 3 aromatic carbocycles. The molecule has 5 aromatic rings. The number of nitrogens with zero attached hydrogens (tertiary/aromatic N) is 3. The van der Waals surface area contributed by atoms with Crippen molar-refractivity contribution < 1.29 is 19.0 Å². The van der Waals surface area contributed by atoms with Crippen molar-refractivity contribution in [2.45, 2.75) is 6.92 Å². The molecule has 34 heavy (non-hydrogen) atoms. The van der Waals surface area contributed by atoms with Crippen molar-refractivity contribution in [1.29, 1.82) is 0 Å². The fourth-order valence-electron chi connectivity index (χ4n) is 3.64. The standard InChI is InChI=1S/C25H18N4O4S/c1-15-10-23(27-24(30)16-6-5-9-18(11-16)33-17-7-3-2-4-8-17)29(28-15)25-26-19-12-20-21(32-14-31-20)13-22(19)34-25/h2-13H,14H2,1H3,(H,27,30). The van der Waals surface area contributed by atoms with Crippen molar-refractivity contribution >= 4 is 33.3 Å². The molecule has 9 heteroatoms. The molecule has 0 fully saturated rings. The quantitative estimate of drug-likeness (QED) is 0.362. The highest BCUT2D eigenvalue weighted by Crippen LogP contribution is 2.39. The van der Waals surface area contributed by atoms with E-state index in [0.717, 1.165) is 15.9 Å². The zero-order valence-corrected chi connectivity index (χ0v) is 18.8. The Morgan fingerprint density at radius 1 is 1.00 bits per heavy atom. The number of fused-ring (bicyclic) bond motifs is 2. The fourth-order valence-corrected chi connectivity index (χ4v) is 4.59. The summed E-state index contributed by atoms with van der Waals surface area (Å²) < 4.78 is 19.3. The van der Waals surface area contributed by atoms with Gasteiger partial charge in [-0.25, -0.2) is 4.98 Å². The average Bonchev–Trinajstić information content (AvgIpc) is 3.55. The van der Waals surface area contributed by atoms with Crippen LogP contribution in [0.3, 0.4) is 0 Å². The number of hydrogen-bond acceptors (Lipinski definition) is 7. The van der Waals surface area contributed by atoms with Crippen LogP contribution in [0.5, 0.6) is 23.0 Å². The number of nitrogens with one attached hydrogen (secondary N) is 1. The third kappa shape index (κ3) is 3.82. The molecule has 0 saturated heterocycles. The van der Waals surface area contributed by atoms with Gasteiger partial charge in [0.05, 0.1) is 15.9 Å². The lowest BCUT2D eigenvalue weighted by Gasteiger charge is -2.09. The van der Waals surface area contributed by atoms with E-state index in [4.69, 9.17) is 14.2 Å². The first-order chi connectivity index (χ1) is 16.6. The molecule has 1 N–H and O–H groups in total. The topological polar surface area (TPSA) is 87.5 Å². The molecule has 1 aliphatic rings. The minimum atomic E-state index is -0.276. The summed E-state index contributed by atoms with van der Waals surface area (Å²) in [5, 5.41) is 8.12. The Hall–Kier alpha value is -4.37. The summed E-state index contributed by atoms with van der Waals surface area (Å²) in [5.74, 6) is 2.90. The van der Waals surface area contributed by atoms with E-state index in [1.807, 2.05) is 55.5 Å². The number of aromatic nitrogens is 3. The first-order valence-electron chi connectivity index (χ1n) is 10.5. The molecule has 1 amide bonds. The minimum absolute atomic E-state index is 0.214. The van der Waals surface area contributed by atoms with Gasteiger partial charge in [0.25, 0.3) is 5.91 Å². The fraction of sp³-hybridized carbons (Fsp3) is 0.0800. The molecule has 3 heterocycles. The maximum atomic E-state index is 13.1. The van der Waals surface area contributed by atoms with Gasteiger partial charge in [-0.1, -0.05) is 35.6 Å². The second-order valence-electron chi connectivity index (χ2n) is 7.65. The van der Waals surface area contributed by atoms with Gasteiger partial charge in [-0.2, -0.15) is 9.78 Å². The Kier molecular flexibility index (Phi) is 4.88. The normalized spacial score (nSPS) is 12.1. The van der Waals surface area contributed by atoms with Crippen LogP contribution >= 0.6 is 11.3 Å². The van der Waals surface area contributed by atoms with Crippen LogP contribution in [0.15, 0.2) is 72.8 Å². The number of rotatable bonds is 5. The van der Waals surface area contributed by atoms with Gasteiger partial charge in [-0.15, -0.1) is 0 Å². The molecule has 168 valence electrons. The molecule has 0 spiro atoms. The third-order valence-electron chi connectivity index (χ3n) is 5.20. The van der Waals surface area contributed by atoms with Crippen LogP contribution in [0.4, 0.5) is 5.82 Å². The number of ether oxygens (including phenoxy) is 3. The Balaban J connectivity index is 1.27. The summed E-state index contributed by atoms with van der Waals surface area (Å²) in [4.78, 5) is 17.7. The number of aryl methyl sites for hydroxylation is 1. The zero-order chi connectivity index (χ0) is 23.1. The van der Waals surface area contributed by atoms with E-state index in [2.05, 4.69) is 15.4 Å². The lowest BCUT2D eigenvalue weighted by atomic mass is 10.2. The van der Waals surface area contributed by atoms with Crippen molar-refractivity contribution in [2.24, 2.45) is 0 Å². The van der Waals surface area contributed by atoms with Gasteiger partial charge in [0, 0.05) is 23.8 Å². The van der Waals surface area contributed by atoms with Crippen LogP contribution in [0.2, 0.25) is 0 Å². The largest absolute Gasteiger partial charge is 0.457 e. The van der Waals surface area contributed by atoms with E-state index >= 15 is 0 Å². The van der Waals surface area contributed by atoms with E-state index in [1.165, 1.54) is 11.3 Å². The number of amides is 1. The lowest BCUT2D eigenvalue weighted by Crippen LogP contribution is -2.15. The van der Waals surface area contributed by atoms with Crippen LogP contribution in [0, 0.1) is 6.92 Å². The molecule has 0 aliphatic carbocycles. The van der Waals surface area contributed by atoms with Gasteiger partial charge < -0.3 is 19.5 Å². The van der Waals surface area contributed by atoms with Gasteiger partial charge in [-0.05, 0) is 37.3 Å². The van der Waals surface area contributed by atoms with Gasteiger partial charge in [0.2, 0.25) is 11.9 Å². The van der Waals surface area contributed by atoms with Gasteiger partial charge in [0.1, 0.15) is 17.3 Å². The maximum absolute atomic E-state index is 13.1. The van der Waals surface area contributed by atoms with Crippen LogP contribution in [-0.4, -0.2) is 27.5 Å². The molecule has 0 saturated carbocycles. The Labute approximate surface area is 198 Å². The van der Waals surface area contributed by atoms with Crippen molar-refractivity contribution in [2.75, 3.05) is 12.1 Å². The van der Waals surface area contributed by atoms with Crippen molar-refractivity contribution in [1.82, 2.24) is 14.8 Å². The highest BCUT2D eigenvalue weighted by Gasteiger charge is 2.19. The van der Waals surface area contributed by atoms with E-state index in [1.54, 1.807) is 28.9 Å². The predicted octanol–water partition coefficient (Wildman–Crippen LogP) is 5.56. The number of benzene rings is 3. The van der Waals surface area contributed by atoms with Gasteiger partial charge in [0.15, 0.2) is 11.5 Å². The highest BCUT2D eigenvalue weighted by molar-refractivity contribution is 7.20. The van der Waals surface area contributed by atoms with E-state index < -0.39 is 0 Å². The van der Waals surface area contributed by atoms with Crippen LogP contribution in [-0.2, 0) is 0 Å². The first-order valence-corrected chi connectivity index (χ1v) is 11.4. The Bertz CT molecular complexity index is 1490. The number of para-hydroxylation sites is 1. The summed E-state index contributed by atoms with van der Waals surface area (Å²) in [6.07, 6.45) is 0. The molecule has 1 aliphatic heterocycles. The number of anilines is 1. The number of carbonyl (C=O) groups excluding carboxylic acids is 1. The third-order valence-corrected chi connectivity index (χ3v) is 6.19. The van der Waals surface area contributed by atoms with Crippen LogP contribution in [0.1, 0.15) is 16.1 Å². The SMILES string of the molecule is Cc1cc(NC(=O)c2cccc(Oc3ccccc3)c2)n(-c2nc3cc4c(cc3s2)OCO4)n1. The summed E-state index contributed by atoms with van der Waals surface area (Å²) in [5.41, 5.74) is 2.00. The molecule has 0 unspecified atom stereocenters. The summed E-state index contributed by atoms with van der Waals surface area (Å²) in [6.45, 7) is 2.08. The molecule has 2 aromatic heterocycles. The first kappa shape index (κ1) is 20.3. The average molecular weight is 471 g/mol. The number of thiazole rings is 1. The molecule has 0 atom stereocenters. The van der Waals surface area contributed by atoms with E-state index in [9.17, 15) is 4.79 Å². The molecule has 0 radical (unpaired) electrons. The Morgan fingerprint density at radius 2 is 1.79 bits per heavy atom. The second-order valence-corrected chi connectivity index (χ2v) is 8.66. The summed E-state index contributed by atoms with van der Waals surface area (Å²) in [6, 6.07) is 22.0. The molecule has 8 nitrogen and oxygen atoms in total. The monoisotopic (exact) mass is 470 g/mol. The zero-order valence-electron chi connectivity index (χ0n) is 18.0. The molecule has 6 rings (SSSR count). The van der Waals surface area contributed by atoms with Gasteiger partial charge in [-0.3, -0.25) is 4.79 Å². The van der Waals surface area contributed by atoms with Crippen LogP contribution < -0.4 is 19.5 Å². The van der Waals surface area contributed by atoms with Crippen LogP contribution in [0.25, 0.3) is 15.3 Å². The minimum Gasteiger partial charge on any atom is -0.457 e. The molecular weight excluding hydrogens is 452 g/mol. The molecular formula is C25H18N4O4S. The van der Waals surface area contributed by atoms with E-state index in [0.29, 0.717) is 39.5 Å². The van der Waals surface area contributed by atoms with Crippen molar-refractivity contribution in [3.63, 3.8) is 0 Å². The number of hydrogen-bond donors (Lipinski definition) is 1. The van der Waals surface area contributed by atoms with Gasteiger partial charge >= 0.3 is 0 Å². The van der Waals surface area contributed by atoms with Crippen molar-refractivity contribution in [3.05, 3.63) is 84.1 Å². The maximum Gasteiger partial charge on any atom is 0.256 e. The summed E-state index contributed by atoms with van der Waals surface area (Å²) >= 11 is 1.45. The second kappa shape index (κ2) is 8.20. The number of carbonyl (C=O) groups is 1. The highest BCUT2D eigenvalue weighted by atomic mass is 32.1. The predicted molar refractivity (Wildman–Crippen MR) is 129 cm³/mol. The smallest absolute Gasteiger partial charge is 0.256 e. The Morgan fingerprint density at radius 3 is 2.65 bits per heavy atom. The molecule has 0 bridgehead atoms. The van der Waals surface area contributed by atoms with E-state index in [-0.39, 0.29) is 12.7 Å².